The molecule has 10 heteroatoms. The summed E-state index contributed by atoms with van der Waals surface area (Å²) in [5.41, 5.74) is 7.83. The van der Waals surface area contributed by atoms with Crippen molar-refractivity contribution >= 4 is 22.9 Å². The zero-order chi connectivity index (χ0) is 20.8. The third-order valence-corrected chi connectivity index (χ3v) is 6.69. The van der Waals surface area contributed by atoms with Crippen molar-refractivity contribution in [2.75, 3.05) is 38.2 Å². The Kier molecular flexibility index (Phi) is 4.27. The van der Waals surface area contributed by atoms with Crippen LogP contribution in [0.3, 0.4) is 0 Å². The summed E-state index contributed by atoms with van der Waals surface area (Å²) in [6.45, 7) is 3.88. The number of ether oxygens (including phenoxy) is 1. The van der Waals surface area contributed by atoms with E-state index in [9.17, 15) is 4.79 Å². The number of carbonyl (C=O) groups excluding carboxylic acids is 1. The monoisotopic (exact) mass is 422 g/mol. The topological polar surface area (TPSA) is 108 Å². The third kappa shape index (κ3) is 3.09. The maximum atomic E-state index is 12.5. The molecule has 2 fully saturated rings. The molecule has 31 heavy (non-hydrogen) atoms. The maximum absolute atomic E-state index is 12.5. The van der Waals surface area contributed by atoms with E-state index >= 15 is 0 Å². The molecular weight excluding hydrogens is 396 g/mol. The first kappa shape index (κ1) is 18.5. The lowest BCUT2D eigenvalue weighted by atomic mass is 9.94. The quantitative estimate of drug-likeness (QED) is 0.580. The number of rotatable bonds is 3. The lowest BCUT2D eigenvalue weighted by Gasteiger charge is -2.37. The molecule has 162 valence electrons. The van der Waals surface area contributed by atoms with E-state index in [1.807, 2.05) is 18.2 Å². The van der Waals surface area contributed by atoms with Gasteiger partial charge in [0.15, 0.2) is 0 Å². The molecule has 4 aliphatic rings. The normalized spacial score (nSPS) is 22.3. The Bertz CT molecular complexity index is 1090. The van der Waals surface area contributed by atoms with Crippen LogP contribution >= 0.6 is 0 Å². The number of hydrogen-bond acceptors (Lipinski definition) is 8. The van der Waals surface area contributed by atoms with Gasteiger partial charge in [0.05, 0.1) is 18.8 Å². The molecule has 0 atom stereocenters. The van der Waals surface area contributed by atoms with Gasteiger partial charge in [-0.1, -0.05) is 12.8 Å². The number of anilines is 1. The van der Waals surface area contributed by atoms with Gasteiger partial charge in [0.2, 0.25) is 5.95 Å². The molecule has 1 spiro atoms. The molecule has 5 heterocycles. The van der Waals surface area contributed by atoms with Gasteiger partial charge in [-0.15, -0.1) is 0 Å². The molecule has 3 aliphatic heterocycles. The second kappa shape index (κ2) is 7.16. The zero-order valence-corrected chi connectivity index (χ0v) is 17.3. The first-order chi connectivity index (χ1) is 15.2. The number of nitrogens with zero attached hydrogens (tertiary/aromatic N) is 4. The number of morpholine rings is 1. The van der Waals surface area contributed by atoms with E-state index in [1.165, 1.54) is 12.8 Å². The molecule has 0 radical (unpaired) electrons. The Morgan fingerprint density at radius 1 is 1.13 bits per heavy atom. The summed E-state index contributed by atoms with van der Waals surface area (Å²) in [7, 11) is 0. The van der Waals surface area contributed by atoms with Gasteiger partial charge in [0.1, 0.15) is 23.0 Å². The highest BCUT2D eigenvalue weighted by atomic mass is 16.5. The van der Waals surface area contributed by atoms with Crippen molar-refractivity contribution in [3.05, 3.63) is 41.8 Å². The van der Waals surface area contributed by atoms with E-state index in [1.54, 1.807) is 6.20 Å². The van der Waals surface area contributed by atoms with E-state index in [-0.39, 0.29) is 11.4 Å². The molecular formula is C21H26N8O2. The number of hydrazine groups is 1. The minimum Gasteiger partial charge on any atom is -0.378 e. The average Bonchev–Trinajstić information content (AvgIpc) is 3.43. The Hall–Kier alpha value is -3.27. The average molecular weight is 422 g/mol. The first-order valence-electron chi connectivity index (χ1n) is 10.9. The minimum atomic E-state index is -0.0731. The number of fused-ring (bicyclic) bond motifs is 4. The third-order valence-electron chi connectivity index (χ3n) is 6.69. The number of amides is 1. The molecule has 4 N–H and O–H groups in total. The summed E-state index contributed by atoms with van der Waals surface area (Å²) in [4.78, 5) is 24.0. The predicted molar refractivity (Wildman–Crippen MR) is 115 cm³/mol. The molecule has 0 bridgehead atoms. The summed E-state index contributed by atoms with van der Waals surface area (Å²) in [6.07, 6.45) is 10.2. The van der Waals surface area contributed by atoms with E-state index in [4.69, 9.17) is 9.72 Å². The highest BCUT2D eigenvalue weighted by Gasteiger charge is 2.42. The van der Waals surface area contributed by atoms with E-state index < -0.39 is 0 Å². The Morgan fingerprint density at radius 2 is 1.97 bits per heavy atom. The van der Waals surface area contributed by atoms with Gasteiger partial charge in [0, 0.05) is 31.2 Å². The Labute approximate surface area is 179 Å². The molecule has 2 aromatic rings. The van der Waals surface area contributed by atoms with Crippen molar-refractivity contribution < 1.29 is 9.53 Å². The first-order valence-corrected chi connectivity index (χ1v) is 10.9. The van der Waals surface area contributed by atoms with Crippen LogP contribution < -0.4 is 21.5 Å². The highest BCUT2D eigenvalue weighted by molar-refractivity contribution is 5.99. The Morgan fingerprint density at radius 3 is 2.74 bits per heavy atom. The summed E-state index contributed by atoms with van der Waals surface area (Å²) in [5.74, 6) is 2.23. The van der Waals surface area contributed by atoms with Crippen molar-refractivity contribution in [1.82, 2.24) is 35.6 Å². The van der Waals surface area contributed by atoms with Crippen molar-refractivity contribution in [3.63, 3.8) is 0 Å². The van der Waals surface area contributed by atoms with Gasteiger partial charge in [0.25, 0.3) is 5.91 Å². The van der Waals surface area contributed by atoms with Crippen LogP contribution in [0.15, 0.2) is 36.1 Å². The molecule has 1 saturated heterocycles. The van der Waals surface area contributed by atoms with Crippen LogP contribution in [0.5, 0.6) is 0 Å². The van der Waals surface area contributed by atoms with Crippen LogP contribution in [0.1, 0.15) is 36.2 Å². The Balaban J connectivity index is 1.30. The maximum Gasteiger partial charge on any atom is 0.268 e. The molecule has 0 aromatic carbocycles. The van der Waals surface area contributed by atoms with Gasteiger partial charge in [-0.2, -0.15) is 4.98 Å². The SMILES string of the molecule is O=C1NCC2(CCCC2)n2c1cc1cnc(NC3=CC=C(N4CCOCC4)NN3)nc12. The van der Waals surface area contributed by atoms with Crippen LogP contribution in [-0.4, -0.2) is 58.2 Å². The number of nitrogens with one attached hydrogen (secondary N) is 4. The fourth-order valence-electron chi connectivity index (χ4n) is 5.10. The number of carbonyl (C=O) groups is 1. The van der Waals surface area contributed by atoms with Crippen molar-refractivity contribution in [2.24, 2.45) is 0 Å². The van der Waals surface area contributed by atoms with E-state index in [0.717, 1.165) is 61.8 Å². The molecule has 1 amide bonds. The van der Waals surface area contributed by atoms with E-state index in [0.29, 0.717) is 18.2 Å². The van der Waals surface area contributed by atoms with Crippen LogP contribution in [0.2, 0.25) is 0 Å². The summed E-state index contributed by atoms with van der Waals surface area (Å²) >= 11 is 0. The predicted octanol–water partition coefficient (Wildman–Crippen LogP) is 0.979. The lowest BCUT2D eigenvalue weighted by Crippen LogP contribution is -2.50. The fourth-order valence-corrected chi connectivity index (χ4v) is 5.10. The van der Waals surface area contributed by atoms with Crippen LogP contribution in [0, 0.1) is 0 Å². The van der Waals surface area contributed by atoms with Crippen molar-refractivity contribution in [2.45, 2.75) is 31.2 Å². The second-order valence-electron chi connectivity index (χ2n) is 8.56. The van der Waals surface area contributed by atoms with Crippen LogP contribution in [-0.2, 0) is 10.3 Å². The summed E-state index contributed by atoms with van der Waals surface area (Å²) < 4.78 is 7.58. The standard InChI is InChI=1S/C21H26N8O2/c30-19-15-11-14-12-22-20(25-18(14)29(15)21(13-23-19)5-1-2-6-21)24-16-3-4-17(27-26-16)28-7-9-31-10-8-28/h3-4,11-12,26-27H,1-2,5-10,13H2,(H,23,30)(H,22,24,25). The number of allylic oxidation sites excluding steroid dienone is 2. The van der Waals surface area contributed by atoms with Crippen LogP contribution in [0.25, 0.3) is 11.0 Å². The molecule has 1 aliphatic carbocycles. The van der Waals surface area contributed by atoms with Crippen molar-refractivity contribution in [1.29, 1.82) is 0 Å². The molecule has 0 unspecified atom stereocenters. The largest absolute Gasteiger partial charge is 0.378 e. The van der Waals surface area contributed by atoms with Gasteiger partial charge >= 0.3 is 0 Å². The van der Waals surface area contributed by atoms with Crippen LogP contribution in [0.4, 0.5) is 5.95 Å². The fraction of sp³-hybridized carbons (Fsp3) is 0.476. The second-order valence-corrected chi connectivity index (χ2v) is 8.56. The smallest absolute Gasteiger partial charge is 0.268 e. The zero-order valence-electron chi connectivity index (χ0n) is 17.3. The molecule has 2 aromatic heterocycles. The van der Waals surface area contributed by atoms with E-state index in [2.05, 4.69) is 35.9 Å². The molecule has 10 nitrogen and oxygen atoms in total. The summed E-state index contributed by atoms with van der Waals surface area (Å²) in [6, 6.07) is 1.91. The van der Waals surface area contributed by atoms with Gasteiger partial charge < -0.3 is 24.8 Å². The summed E-state index contributed by atoms with van der Waals surface area (Å²) in [5, 5.41) is 7.21. The highest BCUT2D eigenvalue weighted by Crippen LogP contribution is 2.41. The lowest BCUT2D eigenvalue weighted by molar-refractivity contribution is 0.0493. The van der Waals surface area contributed by atoms with Gasteiger partial charge in [-0.05, 0) is 31.1 Å². The number of aromatic nitrogens is 3. The number of hydrogen-bond donors (Lipinski definition) is 4. The van der Waals surface area contributed by atoms with Gasteiger partial charge in [-0.3, -0.25) is 15.6 Å². The molecule has 6 rings (SSSR count). The minimum absolute atomic E-state index is 0.0355. The van der Waals surface area contributed by atoms with Crippen molar-refractivity contribution in [3.8, 4) is 0 Å². The van der Waals surface area contributed by atoms with Gasteiger partial charge in [-0.25, -0.2) is 4.98 Å². The molecule has 1 saturated carbocycles.